The van der Waals surface area contributed by atoms with E-state index in [4.69, 9.17) is 0 Å². The standard InChI is InChI=1S/C19H18N4O3S2/c24-19(18-16(8-12-27-18)23-10-1-2-11-23)21-14-5-3-6-15(13-14)28(25,26)22-17-7-4-9-20-17/h1-3,5-6,8,10-13H,4,7,9H2,(H,20,22)(H,21,24). The zero-order chi connectivity index (χ0) is 19.6. The molecule has 28 heavy (non-hydrogen) atoms. The summed E-state index contributed by atoms with van der Waals surface area (Å²) in [6.45, 7) is 0.637. The lowest BCUT2D eigenvalue weighted by Gasteiger charge is -2.10. The van der Waals surface area contributed by atoms with Crippen molar-refractivity contribution in [3.05, 3.63) is 65.1 Å². The molecule has 0 fully saturated rings. The van der Waals surface area contributed by atoms with Gasteiger partial charge in [0.25, 0.3) is 15.9 Å². The molecular weight excluding hydrogens is 396 g/mol. The van der Waals surface area contributed by atoms with E-state index in [9.17, 15) is 13.2 Å². The first-order chi connectivity index (χ1) is 13.5. The average Bonchev–Trinajstić information content (AvgIpc) is 3.43. The van der Waals surface area contributed by atoms with Crippen molar-refractivity contribution in [2.75, 3.05) is 11.9 Å². The number of benzene rings is 1. The summed E-state index contributed by atoms with van der Waals surface area (Å²) in [5.74, 6) is 0.186. The van der Waals surface area contributed by atoms with Crippen LogP contribution in [0.1, 0.15) is 22.5 Å². The van der Waals surface area contributed by atoms with Crippen molar-refractivity contribution < 1.29 is 13.2 Å². The molecule has 0 spiro atoms. The Morgan fingerprint density at radius 2 is 1.96 bits per heavy atom. The lowest BCUT2D eigenvalue weighted by atomic mass is 10.3. The van der Waals surface area contributed by atoms with Crippen molar-refractivity contribution in [2.45, 2.75) is 17.7 Å². The third kappa shape index (κ3) is 3.85. The van der Waals surface area contributed by atoms with Gasteiger partial charge in [0.05, 0.1) is 10.6 Å². The van der Waals surface area contributed by atoms with Crippen LogP contribution in [-0.4, -0.2) is 31.3 Å². The Balaban J connectivity index is 1.54. The van der Waals surface area contributed by atoms with E-state index in [1.54, 1.807) is 12.1 Å². The number of sulfonamides is 1. The Labute approximate surface area is 166 Å². The summed E-state index contributed by atoms with van der Waals surface area (Å²) < 4.78 is 29.5. The molecule has 3 heterocycles. The Morgan fingerprint density at radius 3 is 2.71 bits per heavy atom. The van der Waals surface area contributed by atoms with Gasteiger partial charge in [0.15, 0.2) is 0 Å². The fourth-order valence-electron chi connectivity index (χ4n) is 2.94. The summed E-state index contributed by atoms with van der Waals surface area (Å²) in [6, 6.07) is 11.8. The quantitative estimate of drug-likeness (QED) is 0.671. The van der Waals surface area contributed by atoms with Crippen LogP contribution in [0.25, 0.3) is 5.69 Å². The minimum atomic E-state index is -3.73. The molecule has 7 nitrogen and oxygen atoms in total. The van der Waals surface area contributed by atoms with Gasteiger partial charge in [-0.05, 0) is 48.2 Å². The molecule has 0 atom stereocenters. The van der Waals surface area contributed by atoms with Gasteiger partial charge in [0.1, 0.15) is 10.7 Å². The monoisotopic (exact) mass is 414 g/mol. The maximum absolute atomic E-state index is 12.7. The molecule has 2 aromatic heterocycles. The van der Waals surface area contributed by atoms with Crippen molar-refractivity contribution in [1.82, 2.24) is 9.29 Å². The average molecular weight is 415 g/mol. The topological polar surface area (TPSA) is 92.6 Å². The number of carbonyl (C=O) groups excluding carboxylic acids is 1. The third-order valence-electron chi connectivity index (χ3n) is 4.26. The molecule has 0 saturated heterocycles. The third-order valence-corrected chi connectivity index (χ3v) is 6.54. The van der Waals surface area contributed by atoms with Crippen molar-refractivity contribution in [1.29, 1.82) is 0 Å². The summed E-state index contributed by atoms with van der Waals surface area (Å²) in [7, 11) is -3.73. The van der Waals surface area contributed by atoms with Gasteiger partial charge in [-0.25, -0.2) is 8.42 Å². The Bertz CT molecular complexity index is 1130. The molecule has 4 rings (SSSR count). The first kappa shape index (κ1) is 18.5. The number of rotatable bonds is 5. The maximum atomic E-state index is 12.7. The van der Waals surface area contributed by atoms with Crippen LogP contribution in [0.4, 0.5) is 5.69 Å². The van der Waals surface area contributed by atoms with Crippen molar-refractivity contribution in [3.63, 3.8) is 0 Å². The van der Waals surface area contributed by atoms with Crippen LogP contribution in [0, 0.1) is 0 Å². The number of amides is 1. The summed E-state index contributed by atoms with van der Waals surface area (Å²) in [5, 5.41) is 4.63. The van der Waals surface area contributed by atoms with E-state index in [2.05, 4.69) is 15.0 Å². The number of anilines is 1. The fraction of sp³-hybridized carbons (Fsp3) is 0.158. The highest BCUT2D eigenvalue weighted by Gasteiger charge is 2.20. The minimum Gasteiger partial charge on any atom is -0.322 e. The second-order valence-electron chi connectivity index (χ2n) is 6.24. The molecule has 1 aliphatic heterocycles. The Hall–Kier alpha value is -2.91. The number of hydrogen-bond acceptors (Lipinski definition) is 5. The zero-order valence-corrected chi connectivity index (χ0v) is 16.5. The van der Waals surface area contributed by atoms with Gasteiger partial charge in [-0.3, -0.25) is 14.5 Å². The van der Waals surface area contributed by atoms with E-state index < -0.39 is 10.0 Å². The Kier molecular flexibility index (Phi) is 5.01. The number of hydrogen-bond donors (Lipinski definition) is 2. The minimum absolute atomic E-state index is 0.0803. The van der Waals surface area contributed by atoms with Gasteiger partial charge < -0.3 is 9.88 Å². The lowest BCUT2D eigenvalue weighted by molar-refractivity contribution is 0.103. The van der Waals surface area contributed by atoms with Crippen molar-refractivity contribution in [2.24, 2.45) is 4.99 Å². The molecule has 2 N–H and O–H groups in total. The van der Waals surface area contributed by atoms with E-state index in [0.717, 1.165) is 12.1 Å². The Morgan fingerprint density at radius 1 is 1.14 bits per heavy atom. The van der Waals surface area contributed by atoms with Crippen LogP contribution in [0.5, 0.6) is 0 Å². The van der Waals surface area contributed by atoms with Gasteiger partial charge in [-0.1, -0.05) is 6.07 Å². The number of nitrogens with zero attached hydrogens (tertiary/aromatic N) is 2. The van der Waals surface area contributed by atoms with E-state index in [0.29, 0.717) is 29.4 Å². The van der Waals surface area contributed by atoms with E-state index in [1.165, 1.54) is 23.5 Å². The molecule has 9 heteroatoms. The van der Waals surface area contributed by atoms with Crippen LogP contribution < -0.4 is 10.0 Å². The normalized spacial score (nSPS) is 13.9. The largest absolute Gasteiger partial charge is 0.322 e. The highest BCUT2D eigenvalue weighted by molar-refractivity contribution is 7.90. The van der Waals surface area contributed by atoms with Gasteiger partial charge in [0, 0.05) is 31.0 Å². The number of thiophene rings is 1. The van der Waals surface area contributed by atoms with E-state index in [1.807, 2.05) is 40.5 Å². The van der Waals surface area contributed by atoms with Gasteiger partial charge in [0.2, 0.25) is 0 Å². The first-order valence-corrected chi connectivity index (χ1v) is 11.1. The van der Waals surface area contributed by atoms with Crippen LogP contribution >= 0.6 is 11.3 Å². The number of nitrogens with one attached hydrogen (secondary N) is 2. The lowest BCUT2D eigenvalue weighted by Crippen LogP contribution is -2.29. The van der Waals surface area contributed by atoms with E-state index >= 15 is 0 Å². The van der Waals surface area contributed by atoms with Crippen molar-refractivity contribution >= 4 is 38.8 Å². The SMILES string of the molecule is O=C(Nc1cccc(S(=O)(=O)NC2=NCCC2)c1)c1sccc1-n1cccc1. The molecule has 3 aromatic rings. The number of aliphatic imine (C=N–C) groups is 1. The molecule has 1 aliphatic rings. The summed E-state index contributed by atoms with van der Waals surface area (Å²) in [6.07, 6.45) is 5.20. The van der Waals surface area contributed by atoms with Crippen LogP contribution in [0.3, 0.4) is 0 Å². The summed E-state index contributed by atoms with van der Waals surface area (Å²) in [4.78, 5) is 17.5. The highest BCUT2D eigenvalue weighted by atomic mass is 32.2. The number of amidine groups is 1. The molecule has 0 saturated carbocycles. The summed E-state index contributed by atoms with van der Waals surface area (Å²) >= 11 is 1.33. The number of carbonyl (C=O) groups is 1. The fourth-order valence-corrected chi connectivity index (χ4v) is 4.86. The molecule has 0 radical (unpaired) electrons. The van der Waals surface area contributed by atoms with Crippen molar-refractivity contribution in [3.8, 4) is 5.69 Å². The second-order valence-corrected chi connectivity index (χ2v) is 8.84. The molecule has 144 valence electrons. The van der Waals surface area contributed by atoms with Gasteiger partial charge >= 0.3 is 0 Å². The highest BCUT2D eigenvalue weighted by Crippen LogP contribution is 2.23. The van der Waals surface area contributed by atoms with E-state index in [-0.39, 0.29) is 10.8 Å². The summed E-state index contributed by atoms with van der Waals surface area (Å²) in [5.41, 5.74) is 1.19. The zero-order valence-electron chi connectivity index (χ0n) is 14.8. The molecule has 1 amide bonds. The predicted molar refractivity (Wildman–Crippen MR) is 110 cm³/mol. The molecule has 0 bridgehead atoms. The molecule has 1 aromatic carbocycles. The predicted octanol–water partition coefficient (Wildman–Crippen LogP) is 3.26. The van der Waals surface area contributed by atoms with Crippen LogP contribution in [-0.2, 0) is 10.0 Å². The second kappa shape index (κ2) is 7.61. The van der Waals surface area contributed by atoms with Gasteiger partial charge in [-0.15, -0.1) is 11.3 Å². The van der Waals surface area contributed by atoms with Crippen LogP contribution in [0.2, 0.25) is 0 Å². The maximum Gasteiger partial charge on any atom is 0.267 e. The number of aromatic nitrogens is 1. The smallest absolute Gasteiger partial charge is 0.267 e. The van der Waals surface area contributed by atoms with Gasteiger partial charge in [-0.2, -0.15) is 0 Å². The first-order valence-electron chi connectivity index (χ1n) is 8.71. The molecular formula is C19H18N4O3S2. The van der Waals surface area contributed by atoms with Crippen LogP contribution in [0.15, 0.2) is 70.1 Å². The molecule has 0 aliphatic carbocycles. The molecule has 0 unspecified atom stereocenters.